The van der Waals surface area contributed by atoms with Gasteiger partial charge in [-0.3, -0.25) is 4.79 Å². The lowest BCUT2D eigenvalue weighted by molar-refractivity contribution is -0.115. The lowest BCUT2D eigenvalue weighted by Crippen LogP contribution is -2.11. The van der Waals surface area contributed by atoms with E-state index in [4.69, 9.17) is 5.11 Å². The van der Waals surface area contributed by atoms with Crippen molar-refractivity contribution in [1.82, 2.24) is 4.98 Å². The number of rotatable bonds is 4. The molecule has 1 heterocycles. The predicted octanol–water partition coefficient (Wildman–Crippen LogP) is 0.781. The molecule has 0 unspecified atom stereocenters. The molecule has 0 bridgehead atoms. The first-order chi connectivity index (χ1) is 6.59. The quantitative estimate of drug-likeness (QED) is 0.740. The molecule has 5 heteroatoms. The van der Waals surface area contributed by atoms with E-state index >= 15 is 0 Å². The summed E-state index contributed by atoms with van der Waals surface area (Å²) in [6.45, 7) is 1.65. The number of anilines is 1. The molecule has 0 aliphatic rings. The molecule has 0 amide bonds. The van der Waals surface area contributed by atoms with Crippen LogP contribution in [-0.4, -0.2) is 28.4 Å². The van der Waals surface area contributed by atoms with Gasteiger partial charge in [-0.1, -0.05) is 0 Å². The van der Waals surface area contributed by atoms with Crippen LogP contribution in [0.4, 0.5) is 5.82 Å². The molecular weight excluding hydrogens is 184 g/mol. The average Bonchev–Trinajstić information content (AvgIpc) is 2.15. The summed E-state index contributed by atoms with van der Waals surface area (Å²) in [6.07, 6.45) is 1.24. The monoisotopic (exact) mass is 194 g/mol. The number of ketones is 1. The zero-order chi connectivity index (χ0) is 10.6. The summed E-state index contributed by atoms with van der Waals surface area (Å²) >= 11 is 0. The van der Waals surface area contributed by atoms with Gasteiger partial charge in [0, 0.05) is 6.20 Å². The molecule has 1 aromatic heterocycles. The number of carbonyl (C=O) groups excluding carboxylic acids is 1. The molecule has 0 aliphatic heterocycles. The van der Waals surface area contributed by atoms with E-state index in [0.29, 0.717) is 5.82 Å². The Balaban J connectivity index is 2.64. The highest BCUT2D eigenvalue weighted by Gasteiger charge is 2.02. The van der Waals surface area contributed by atoms with Crippen LogP contribution in [0, 0.1) is 0 Å². The van der Waals surface area contributed by atoms with Crippen LogP contribution in [0.1, 0.15) is 17.3 Å². The molecule has 0 spiro atoms. The van der Waals surface area contributed by atoms with Crippen molar-refractivity contribution in [3.8, 4) is 0 Å². The third-order valence-electron chi connectivity index (χ3n) is 1.53. The maximum absolute atomic E-state index is 10.6. The van der Waals surface area contributed by atoms with E-state index in [9.17, 15) is 9.59 Å². The largest absolute Gasteiger partial charge is 0.478 e. The van der Waals surface area contributed by atoms with Gasteiger partial charge in [0.15, 0.2) is 0 Å². The molecule has 0 radical (unpaired) electrons. The maximum atomic E-state index is 10.6. The molecule has 0 saturated heterocycles. The van der Waals surface area contributed by atoms with Gasteiger partial charge in [0.2, 0.25) is 0 Å². The number of Topliss-reactive ketones (excluding diaryl/α,β-unsaturated/α-hetero) is 1. The van der Waals surface area contributed by atoms with E-state index in [-0.39, 0.29) is 17.9 Å². The Kier molecular flexibility index (Phi) is 3.17. The molecule has 2 N–H and O–H groups in total. The summed E-state index contributed by atoms with van der Waals surface area (Å²) in [5.41, 5.74) is 0.123. The summed E-state index contributed by atoms with van der Waals surface area (Å²) in [5.74, 6) is -0.532. The van der Waals surface area contributed by atoms with Gasteiger partial charge in [-0.05, 0) is 19.1 Å². The van der Waals surface area contributed by atoms with Gasteiger partial charge in [-0.15, -0.1) is 0 Å². The summed E-state index contributed by atoms with van der Waals surface area (Å²) in [7, 11) is 0. The number of carboxylic acid groups (broad SMARTS) is 1. The third-order valence-corrected chi connectivity index (χ3v) is 1.53. The van der Waals surface area contributed by atoms with Gasteiger partial charge >= 0.3 is 5.97 Å². The zero-order valence-electron chi connectivity index (χ0n) is 7.65. The van der Waals surface area contributed by atoms with Gasteiger partial charge < -0.3 is 10.4 Å². The zero-order valence-corrected chi connectivity index (χ0v) is 7.65. The van der Waals surface area contributed by atoms with Crippen LogP contribution in [0.15, 0.2) is 18.3 Å². The fourth-order valence-electron chi connectivity index (χ4n) is 0.840. The van der Waals surface area contributed by atoms with E-state index in [1.165, 1.54) is 25.3 Å². The van der Waals surface area contributed by atoms with Crippen LogP contribution in [0.2, 0.25) is 0 Å². The van der Waals surface area contributed by atoms with Gasteiger partial charge in [0.1, 0.15) is 11.6 Å². The van der Waals surface area contributed by atoms with Crippen molar-refractivity contribution >= 4 is 17.6 Å². The van der Waals surface area contributed by atoms with E-state index in [2.05, 4.69) is 10.3 Å². The maximum Gasteiger partial charge on any atom is 0.337 e. The molecule has 0 aliphatic carbocycles. The predicted molar refractivity (Wildman–Crippen MR) is 50.4 cm³/mol. The van der Waals surface area contributed by atoms with Crippen molar-refractivity contribution in [2.45, 2.75) is 6.92 Å². The van der Waals surface area contributed by atoms with Gasteiger partial charge in [-0.2, -0.15) is 0 Å². The fourth-order valence-corrected chi connectivity index (χ4v) is 0.840. The highest BCUT2D eigenvalue weighted by Crippen LogP contribution is 2.04. The van der Waals surface area contributed by atoms with Crippen LogP contribution >= 0.6 is 0 Å². The highest BCUT2D eigenvalue weighted by molar-refractivity contribution is 5.87. The summed E-state index contributed by atoms with van der Waals surface area (Å²) in [6, 6.07) is 2.95. The second-order valence-electron chi connectivity index (χ2n) is 2.79. The number of hydrogen-bond donors (Lipinski definition) is 2. The minimum Gasteiger partial charge on any atom is -0.478 e. The van der Waals surface area contributed by atoms with E-state index < -0.39 is 5.97 Å². The SMILES string of the molecule is CC(=O)CNc1ccc(C(=O)O)cn1. The first-order valence-electron chi connectivity index (χ1n) is 4.02. The Morgan fingerprint density at radius 3 is 2.64 bits per heavy atom. The van der Waals surface area contributed by atoms with Crippen LogP contribution in [0.5, 0.6) is 0 Å². The number of carboxylic acids is 1. The van der Waals surface area contributed by atoms with Gasteiger partial charge in [0.25, 0.3) is 0 Å². The molecule has 14 heavy (non-hydrogen) atoms. The van der Waals surface area contributed by atoms with E-state index in [1.54, 1.807) is 0 Å². The smallest absolute Gasteiger partial charge is 0.337 e. The number of nitrogens with one attached hydrogen (secondary N) is 1. The molecule has 0 saturated carbocycles. The van der Waals surface area contributed by atoms with Crippen molar-refractivity contribution in [3.63, 3.8) is 0 Å². The molecule has 0 fully saturated rings. The molecular formula is C9H10N2O3. The second-order valence-corrected chi connectivity index (χ2v) is 2.79. The normalized spacial score (nSPS) is 9.50. The van der Waals surface area contributed by atoms with E-state index in [0.717, 1.165) is 0 Å². The molecule has 0 atom stereocenters. The van der Waals surface area contributed by atoms with Gasteiger partial charge in [0.05, 0.1) is 12.1 Å². The minimum atomic E-state index is -1.02. The lowest BCUT2D eigenvalue weighted by Gasteiger charge is -2.02. The first-order valence-corrected chi connectivity index (χ1v) is 4.02. The van der Waals surface area contributed by atoms with E-state index in [1.807, 2.05) is 0 Å². The fraction of sp³-hybridized carbons (Fsp3) is 0.222. The Morgan fingerprint density at radius 1 is 1.50 bits per heavy atom. The Morgan fingerprint density at radius 2 is 2.21 bits per heavy atom. The summed E-state index contributed by atoms with van der Waals surface area (Å²) < 4.78 is 0. The van der Waals surface area contributed by atoms with Crippen molar-refractivity contribution in [2.75, 3.05) is 11.9 Å². The Hall–Kier alpha value is -1.91. The molecule has 0 aromatic carbocycles. The molecule has 1 aromatic rings. The van der Waals surface area contributed by atoms with Crippen molar-refractivity contribution in [1.29, 1.82) is 0 Å². The topological polar surface area (TPSA) is 79.3 Å². The molecule has 74 valence electrons. The van der Waals surface area contributed by atoms with Crippen LogP contribution in [0.25, 0.3) is 0 Å². The number of pyridine rings is 1. The summed E-state index contributed by atoms with van der Waals surface area (Å²) in [5, 5.41) is 11.3. The number of aromatic nitrogens is 1. The number of hydrogen-bond acceptors (Lipinski definition) is 4. The number of carbonyl (C=O) groups is 2. The molecule has 5 nitrogen and oxygen atoms in total. The van der Waals surface area contributed by atoms with Crippen LogP contribution in [-0.2, 0) is 4.79 Å². The van der Waals surface area contributed by atoms with Crippen molar-refractivity contribution in [3.05, 3.63) is 23.9 Å². The standard InChI is InChI=1S/C9H10N2O3/c1-6(12)4-10-8-3-2-7(5-11-8)9(13)14/h2-3,5H,4H2,1H3,(H,10,11)(H,13,14). The Labute approximate surface area is 80.8 Å². The number of nitrogens with zero attached hydrogens (tertiary/aromatic N) is 1. The first kappa shape index (κ1) is 10.2. The molecule has 1 rings (SSSR count). The van der Waals surface area contributed by atoms with Crippen LogP contribution in [0.3, 0.4) is 0 Å². The Bertz CT molecular complexity index is 346. The van der Waals surface area contributed by atoms with Crippen LogP contribution < -0.4 is 5.32 Å². The minimum absolute atomic E-state index is 0.00545. The van der Waals surface area contributed by atoms with Crippen molar-refractivity contribution in [2.24, 2.45) is 0 Å². The van der Waals surface area contributed by atoms with Crippen molar-refractivity contribution < 1.29 is 14.7 Å². The lowest BCUT2D eigenvalue weighted by atomic mass is 10.3. The summed E-state index contributed by atoms with van der Waals surface area (Å²) in [4.78, 5) is 24.9. The van der Waals surface area contributed by atoms with Gasteiger partial charge in [-0.25, -0.2) is 9.78 Å². The third kappa shape index (κ3) is 2.85. The highest BCUT2D eigenvalue weighted by atomic mass is 16.4. The average molecular weight is 194 g/mol. The number of aromatic carboxylic acids is 1. The second kappa shape index (κ2) is 4.36.